The van der Waals surface area contributed by atoms with Crippen LogP contribution in [0.4, 0.5) is 0 Å². The van der Waals surface area contributed by atoms with Crippen molar-refractivity contribution in [2.24, 2.45) is 0 Å². The first kappa shape index (κ1) is 17.2. The number of nitrogens with one attached hydrogen (secondary N) is 1. The topological polar surface area (TPSA) is 41.5 Å². The molecule has 0 heterocycles. The van der Waals surface area contributed by atoms with Crippen molar-refractivity contribution in [1.82, 2.24) is 5.32 Å². The highest BCUT2D eigenvalue weighted by atomic mass is 16.5. The second-order valence-electron chi connectivity index (χ2n) is 5.98. The zero-order valence-corrected chi connectivity index (χ0v) is 14.1. The van der Waals surface area contributed by atoms with E-state index < -0.39 is 6.10 Å². The first-order valence-corrected chi connectivity index (χ1v) is 8.50. The lowest BCUT2D eigenvalue weighted by Crippen LogP contribution is -2.21. The molecule has 0 bridgehead atoms. The Morgan fingerprint density at radius 3 is 2.20 bits per heavy atom. The van der Waals surface area contributed by atoms with E-state index in [0.717, 1.165) is 23.4 Å². The lowest BCUT2D eigenvalue weighted by molar-refractivity contribution is 0.173. The molecule has 0 aliphatic carbocycles. The van der Waals surface area contributed by atoms with E-state index in [1.807, 2.05) is 72.8 Å². The fourth-order valence-electron chi connectivity index (χ4n) is 2.62. The van der Waals surface area contributed by atoms with Crippen molar-refractivity contribution in [1.29, 1.82) is 0 Å². The second kappa shape index (κ2) is 9.02. The molecule has 3 aromatic rings. The molecule has 0 aliphatic rings. The standard InChI is InChI=1S/C22H23NO2/c24-22(16-23-15-18-8-3-1-4-9-18)20-12-7-13-21(14-20)25-17-19-10-5-2-6-11-19/h1-14,22-24H,15-17H2/t22-/m0/s1. The minimum Gasteiger partial charge on any atom is -0.489 e. The predicted molar refractivity (Wildman–Crippen MR) is 100 cm³/mol. The van der Waals surface area contributed by atoms with Crippen LogP contribution in [0.1, 0.15) is 22.8 Å². The van der Waals surface area contributed by atoms with E-state index in [0.29, 0.717) is 13.2 Å². The highest BCUT2D eigenvalue weighted by Crippen LogP contribution is 2.20. The van der Waals surface area contributed by atoms with Gasteiger partial charge in [-0.3, -0.25) is 0 Å². The van der Waals surface area contributed by atoms with Crippen molar-refractivity contribution < 1.29 is 9.84 Å². The van der Waals surface area contributed by atoms with Crippen LogP contribution in [0.15, 0.2) is 84.9 Å². The molecule has 0 radical (unpaired) electrons. The molecule has 3 aromatic carbocycles. The Hall–Kier alpha value is -2.62. The molecule has 0 saturated carbocycles. The third kappa shape index (κ3) is 5.45. The van der Waals surface area contributed by atoms with Crippen molar-refractivity contribution in [2.45, 2.75) is 19.3 Å². The molecule has 25 heavy (non-hydrogen) atoms. The van der Waals surface area contributed by atoms with Gasteiger partial charge in [0.2, 0.25) is 0 Å². The molecule has 3 heteroatoms. The molecule has 3 rings (SSSR count). The van der Waals surface area contributed by atoms with Gasteiger partial charge in [-0.05, 0) is 28.8 Å². The molecule has 0 aromatic heterocycles. The Balaban J connectivity index is 1.51. The molecule has 0 unspecified atom stereocenters. The van der Waals surface area contributed by atoms with Gasteiger partial charge in [0.15, 0.2) is 0 Å². The van der Waals surface area contributed by atoms with Crippen LogP contribution in [0.25, 0.3) is 0 Å². The Bertz CT molecular complexity index is 759. The lowest BCUT2D eigenvalue weighted by atomic mass is 10.1. The van der Waals surface area contributed by atoms with Gasteiger partial charge in [-0.15, -0.1) is 0 Å². The molecule has 0 fully saturated rings. The summed E-state index contributed by atoms with van der Waals surface area (Å²) >= 11 is 0. The molecule has 0 amide bonds. The predicted octanol–water partition coefficient (Wildman–Crippen LogP) is 4.09. The maximum absolute atomic E-state index is 10.4. The van der Waals surface area contributed by atoms with E-state index in [4.69, 9.17) is 4.74 Å². The smallest absolute Gasteiger partial charge is 0.120 e. The number of hydrogen-bond donors (Lipinski definition) is 2. The molecule has 0 saturated heterocycles. The number of aliphatic hydroxyl groups is 1. The molecular weight excluding hydrogens is 310 g/mol. The van der Waals surface area contributed by atoms with E-state index in [1.165, 1.54) is 5.56 Å². The summed E-state index contributed by atoms with van der Waals surface area (Å²) in [4.78, 5) is 0. The highest BCUT2D eigenvalue weighted by molar-refractivity contribution is 5.30. The first-order valence-electron chi connectivity index (χ1n) is 8.50. The summed E-state index contributed by atoms with van der Waals surface area (Å²) in [5, 5.41) is 13.7. The van der Waals surface area contributed by atoms with Gasteiger partial charge >= 0.3 is 0 Å². The van der Waals surface area contributed by atoms with Gasteiger partial charge in [0.25, 0.3) is 0 Å². The average Bonchev–Trinajstić information content (AvgIpc) is 2.68. The second-order valence-corrected chi connectivity index (χ2v) is 5.98. The van der Waals surface area contributed by atoms with Crippen LogP contribution < -0.4 is 10.1 Å². The van der Waals surface area contributed by atoms with Crippen LogP contribution >= 0.6 is 0 Å². The minimum absolute atomic E-state index is 0.497. The molecule has 2 N–H and O–H groups in total. The van der Waals surface area contributed by atoms with Crippen LogP contribution in [0.5, 0.6) is 5.75 Å². The van der Waals surface area contributed by atoms with Gasteiger partial charge in [0.1, 0.15) is 12.4 Å². The minimum atomic E-state index is -0.566. The van der Waals surface area contributed by atoms with E-state index in [1.54, 1.807) is 0 Å². The maximum atomic E-state index is 10.4. The number of hydrogen-bond acceptors (Lipinski definition) is 3. The Morgan fingerprint density at radius 2 is 1.48 bits per heavy atom. The monoisotopic (exact) mass is 333 g/mol. The van der Waals surface area contributed by atoms with Crippen LogP contribution in [-0.4, -0.2) is 11.7 Å². The van der Waals surface area contributed by atoms with Crippen LogP contribution in [0.3, 0.4) is 0 Å². The SMILES string of the molecule is O[C@@H](CNCc1ccccc1)c1cccc(OCc2ccccc2)c1. The summed E-state index contributed by atoms with van der Waals surface area (Å²) < 4.78 is 5.83. The molecule has 0 spiro atoms. The van der Waals surface area contributed by atoms with E-state index in [2.05, 4.69) is 17.4 Å². The Morgan fingerprint density at radius 1 is 0.800 bits per heavy atom. The number of rotatable bonds is 8. The largest absolute Gasteiger partial charge is 0.489 e. The summed E-state index contributed by atoms with van der Waals surface area (Å²) in [5.41, 5.74) is 3.18. The van der Waals surface area contributed by atoms with Gasteiger partial charge in [-0.2, -0.15) is 0 Å². The molecule has 3 nitrogen and oxygen atoms in total. The molecule has 0 aliphatic heterocycles. The Kier molecular flexibility index (Phi) is 6.21. The zero-order valence-electron chi connectivity index (χ0n) is 14.1. The van der Waals surface area contributed by atoms with Crippen LogP contribution in [0, 0.1) is 0 Å². The third-order valence-corrected chi connectivity index (χ3v) is 4.00. The summed E-state index contributed by atoms with van der Waals surface area (Å²) in [5.74, 6) is 0.767. The quantitative estimate of drug-likeness (QED) is 0.652. The third-order valence-electron chi connectivity index (χ3n) is 4.00. The van der Waals surface area contributed by atoms with E-state index >= 15 is 0 Å². The van der Waals surface area contributed by atoms with Crippen molar-refractivity contribution >= 4 is 0 Å². The normalized spacial score (nSPS) is 11.9. The molecule has 1 atom stereocenters. The van der Waals surface area contributed by atoms with Crippen molar-refractivity contribution in [3.63, 3.8) is 0 Å². The summed E-state index contributed by atoms with van der Waals surface area (Å²) in [6.45, 7) is 1.76. The maximum Gasteiger partial charge on any atom is 0.120 e. The average molecular weight is 333 g/mol. The lowest BCUT2D eigenvalue weighted by Gasteiger charge is -2.14. The summed E-state index contributed by atoms with van der Waals surface area (Å²) in [6.07, 6.45) is -0.566. The van der Waals surface area contributed by atoms with Crippen molar-refractivity contribution in [2.75, 3.05) is 6.54 Å². The van der Waals surface area contributed by atoms with Gasteiger partial charge in [-0.25, -0.2) is 0 Å². The fourth-order valence-corrected chi connectivity index (χ4v) is 2.62. The molecular formula is C22H23NO2. The summed E-state index contributed by atoms with van der Waals surface area (Å²) in [6, 6.07) is 27.9. The number of benzene rings is 3. The summed E-state index contributed by atoms with van der Waals surface area (Å²) in [7, 11) is 0. The highest BCUT2D eigenvalue weighted by Gasteiger charge is 2.08. The van der Waals surface area contributed by atoms with Crippen LogP contribution in [-0.2, 0) is 13.2 Å². The van der Waals surface area contributed by atoms with Gasteiger partial charge in [0, 0.05) is 13.1 Å². The number of aliphatic hydroxyl groups excluding tert-OH is 1. The van der Waals surface area contributed by atoms with Crippen LogP contribution in [0.2, 0.25) is 0 Å². The first-order chi connectivity index (χ1) is 12.3. The van der Waals surface area contributed by atoms with Gasteiger partial charge in [-0.1, -0.05) is 72.8 Å². The van der Waals surface area contributed by atoms with Gasteiger partial charge in [0.05, 0.1) is 6.10 Å². The number of ether oxygens (including phenoxy) is 1. The van der Waals surface area contributed by atoms with Gasteiger partial charge < -0.3 is 15.2 Å². The van der Waals surface area contributed by atoms with Crippen molar-refractivity contribution in [3.8, 4) is 5.75 Å². The zero-order chi connectivity index (χ0) is 17.3. The van der Waals surface area contributed by atoms with Crippen molar-refractivity contribution in [3.05, 3.63) is 102 Å². The van der Waals surface area contributed by atoms with E-state index in [9.17, 15) is 5.11 Å². The molecule has 128 valence electrons. The Labute approximate surface area is 148 Å². The van der Waals surface area contributed by atoms with E-state index in [-0.39, 0.29) is 0 Å². The fraction of sp³-hybridized carbons (Fsp3) is 0.182.